The maximum Gasteiger partial charge on any atom is 0.182 e. The zero-order chi connectivity index (χ0) is 24.8. The van der Waals surface area contributed by atoms with Crippen LogP contribution in [0.5, 0.6) is 0 Å². The van der Waals surface area contributed by atoms with Crippen molar-refractivity contribution < 1.29 is 18.4 Å². The van der Waals surface area contributed by atoms with Crippen LogP contribution in [-0.2, 0) is 12.8 Å². The predicted molar refractivity (Wildman–Crippen MR) is 131 cm³/mol. The summed E-state index contributed by atoms with van der Waals surface area (Å²) in [5.74, 6) is -1.48. The Morgan fingerprint density at radius 1 is 1.18 bits per heavy atom. The van der Waals surface area contributed by atoms with Crippen molar-refractivity contribution in [2.24, 2.45) is 16.1 Å². The van der Waals surface area contributed by atoms with E-state index in [0.29, 0.717) is 29.4 Å². The van der Waals surface area contributed by atoms with Crippen molar-refractivity contribution in [2.75, 3.05) is 32.0 Å². The molecule has 0 aliphatic carbocycles. The number of fused-ring (bicyclic) bond motifs is 1. The topological polar surface area (TPSA) is 60.2 Å². The number of amidine groups is 1. The first-order valence-electron chi connectivity index (χ1n) is 11.4. The van der Waals surface area contributed by atoms with Crippen LogP contribution >= 0.6 is 11.6 Å². The molecule has 0 spiro atoms. The number of benzene rings is 2. The lowest BCUT2D eigenvalue weighted by molar-refractivity contribution is 0.273. The van der Waals surface area contributed by atoms with Crippen LogP contribution in [0.15, 0.2) is 34.4 Å². The highest BCUT2D eigenvalue weighted by atomic mass is 35.5. The van der Waals surface area contributed by atoms with Gasteiger partial charge in [-0.3, -0.25) is 4.99 Å². The fourth-order valence-corrected chi connectivity index (χ4v) is 4.35. The molecule has 2 aromatic rings. The molecule has 2 N–H and O–H groups in total. The van der Waals surface area contributed by atoms with Crippen LogP contribution in [-0.4, -0.2) is 48.3 Å². The Bertz CT molecular complexity index is 1090. The van der Waals surface area contributed by atoms with E-state index in [9.17, 15) is 18.4 Å². The van der Waals surface area contributed by atoms with Crippen LogP contribution in [0.2, 0.25) is 5.02 Å². The van der Waals surface area contributed by atoms with Crippen molar-refractivity contribution in [2.45, 2.75) is 39.5 Å². The molecular weight excluding hydrogens is 465 g/mol. The number of oxime groups is 1. The average molecular weight is 495 g/mol. The second-order valence-corrected chi connectivity index (χ2v) is 9.03. The van der Waals surface area contributed by atoms with Crippen molar-refractivity contribution in [1.82, 2.24) is 4.90 Å². The average Bonchev–Trinajstić information content (AvgIpc) is 3.25. The number of rotatable bonds is 10. The molecule has 0 saturated carbocycles. The Hall–Kier alpha value is -2.58. The van der Waals surface area contributed by atoms with Crippen LogP contribution in [0.4, 0.5) is 18.9 Å². The monoisotopic (exact) mass is 494 g/mol. The van der Waals surface area contributed by atoms with Gasteiger partial charge in [-0.1, -0.05) is 49.5 Å². The molecule has 0 unspecified atom stereocenters. The molecule has 34 heavy (non-hydrogen) atoms. The first-order valence-corrected chi connectivity index (χ1v) is 11.8. The van der Waals surface area contributed by atoms with Gasteiger partial charge in [0, 0.05) is 31.5 Å². The van der Waals surface area contributed by atoms with Gasteiger partial charge >= 0.3 is 0 Å². The molecule has 184 valence electrons. The van der Waals surface area contributed by atoms with Crippen molar-refractivity contribution >= 4 is 28.8 Å². The molecule has 1 aliphatic rings. The molecule has 9 heteroatoms. The number of hydrogen-bond acceptors (Lipinski definition) is 4. The van der Waals surface area contributed by atoms with E-state index >= 15 is 0 Å². The van der Waals surface area contributed by atoms with Gasteiger partial charge in [-0.15, -0.1) is 0 Å². The molecule has 1 aliphatic heterocycles. The van der Waals surface area contributed by atoms with Gasteiger partial charge in [-0.2, -0.15) is 0 Å². The molecule has 0 bridgehead atoms. The van der Waals surface area contributed by atoms with Gasteiger partial charge in [0.05, 0.1) is 23.0 Å². The summed E-state index contributed by atoms with van der Waals surface area (Å²) in [5.41, 5.74) is 1.41. The lowest BCUT2D eigenvalue weighted by Gasteiger charge is -2.21. The maximum absolute atomic E-state index is 14.6. The van der Waals surface area contributed by atoms with Gasteiger partial charge in [-0.05, 0) is 42.3 Å². The Morgan fingerprint density at radius 2 is 1.91 bits per heavy atom. The Morgan fingerprint density at radius 3 is 2.56 bits per heavy atom. The quantitative estimate of drug-likeness (QED) is 0.245. The summed E-state index contributed by atoms with van der Waals surface area (Å²) >= 11 is 5.84. The van der Waals surface area contributed by atoms with E-state index in [-0.39, 0.29) is 34.8 Å². The van der Waals surface area contributed by atoms with E-state index in [1.165, 1.54) is 18.2 Å². The summed E-state index contributed by atoms with van der Waals surface area (Å²) < 4.78 is 42.4. The standard InChI is InChI=1S/C25H30ClF3N4O/c1-4-15(5-2)14-33(3)9-8-30-23-13-18-17(12-21(28)24(29)25(18)31-23)22(32-34)11-16-6-7-20(27)19(26)10-16/h6-7,10,12,15,34H,4-5,8-9,11,13-14H2,1-3H3,(H,30,31)/b32-22+. The molecule has 0 radical (unpaired) electrons. The smallest absolute Gasteiger partial charge is 0.182 e. The van der Waals surface area contributed by atoms with Gasteiger partial charge in [0.15, 0.2) is 11.6 Å². The number of hydrogen-bond donors (Lipinski definition) is 2. The zero-order valence-electron chi connectivity index (χ0n) is 19.6. The third kappa shape index (κ3) is 6.10. The summed E-state index contributed by atoms with van der Waals surface area (Å²) in [6, 6.07) is 5.12. The van der Waals surface area contributed by atoms with Crippen LogP contribution in [0.1, 0.15) is 43.4 Å². The fraction of sp³-hybridized carbons (Fsp3) is 0.440. The maximum atomic E-state index is 14.6. The zero-order valence-corrected chi connectivity index (χ0v) is 20.4. The number of halogens is 4. The number of aliphatic imine (C=N–C) groups is 1. The van der Waals surface area contributed by atoms with Gasteiger partial charge in [0.2, 0.25) is 0 Å². The van der Waals surface area contributed by atoms with E-state index in [1.807, 2.05) is 7.05 Å². The molecule has 0 fully saturated rings. The largest absolute Gasteiger partial charge is 0.411 e. The van der Waals surface area contributed by atoms with Gasteiger partial charge < -0.3 is 15.4 Å². The van der Waals surface area contributed by atoms with E-state index in [1.54, 1.807) is 0 Å². The van der Waals surface area contributed by atoms with E-state index in [2.05, 4.69) is 34.2 Å². The highest BCUT2D eigenvalue weighted by molar-refractivity contribution is 6.30. The normalized spacial score (nSPS) is 14.9. The molecule has 1 heterocycles. The molecule has 0 amide bonds. The molecule has 0 atom stereocenters. The van der Waals surface area contributed by atoms with Crippen LogP contribution in [0.3, 0.4) is 0 Å². The second-order valence-electron chi connectivity index (χ2n) is 8.62. The summed E-state index contributed by atoms with van der Waals surface area (Å²) in [7, 11) is 2.05. The van der Waals surface area contributed by atoms with Crippen LogP contribution in [0, 0.1) is 23.4 Å². The van der Waals surface area contributed by atoms with Gasteiger partial charge in [-0.25, -0.2) is 13.2 Å². The molecule has 0 saturated heterocycles. The van der Waals surface area contributed by atoms with Gasteiger partial charge in [0.25, 0.3) is 0 Å². The molecule has 3 rings (SSSR count). The van der Waals surface area contributed by atoms with Crippen molar-refractivity contribution in [1.29, 1.82) is 0 Å². The third-order valence-corrected chi connectivity index (χ3v) is 6.53. The van der Waals surface area contributed by atoms with E-state index in [0.717, 1.165) is 32.0 Å². The number of nitrogens with zero attached hydrogens (tertiary/aromatic N) is 3. The summed E-state index contributed by atoms with van der Waals surface area (Å²) in [6.07, 6.45) is 2.56. The third-order valence-electron chi connectivity index (χ3n) is 6.24. The second kappa shape index (κ2) is 11.7. The predicted octanol–water partition coefficient (Wildman–Crippen LogP) is 5.91. The van der Waals surface area contributed by atoms with Gasteiger partial charge in [0.1, 0.15) is 11.7 Å². The summed E-state index contributed by atoms with van der Waals surface area (Å²) in [6.45, 7) is 6.61. The van der Waals surface area contributed by atoms with Crippen LogP contribution in [0.25, 0.3) is 0 Å². The molecule has 2 aromatic carbocycles. The van der Waals surface area contributed by atoms with Crippen molar-refractivity contribution in [3.8, 4) is 0 Å². The fourth-order valence-electron chi connectivity index (χ4n) is 4.15. The lowest BCUT2D eigenvalue weighted by atomic mass is 9.95. The minimum Gasteiger partial charge on any atom is -0.411 e. The first kappa shape index (κ1) is 26.0. The SMILES string of the molecule is CCC(CC)CN(C)CCN=C1Cc2c(/C(Cc3ccc(F)c(Cl)c3)=N/O)cc(F)c(F)c2N1. The Balaban J connectivity index is 1.78. The van der Waals surface area contributed by atoms with Crippen molar-refractivity contribution in [3.63, 3.8) is 0 Å². The highest BCUT2D eigenvalue weighted by Crippen LogP contribution is 2.33. The molecular formula is C25H30ClF3N4O. The molecule has 0 aromatic heterocycles. The van der Waals surface area contributed by atoms with E-state index in [4.69, 9.17) is 11.6 Å². The number of anilines is 1. The number of nitrogens with one attached hydrogen (secondary N) is 1. The minimum absolute atomic E-state index is 0.00239. The van der Waals surface area contributed by atoms with Crippen molar-refractivity contribution in [3.05, 3.63) is 63.4 Å². The minimum atomic E-state index is -1.06. The summed E-state index contributed by atoms with van der Waals surface area (Å²) in [5, 5.41) is 15.8. The highest BCUT2D eigenvalue weighted by Gasteiger charge is 2.28. The number of likely N-dealkylation sites (N-methyl/N-ethyl adjacent to an activating group) is 1. The Labute approximate surface area is 203 Å². The van der Waals surface area contributed by atoms with E-state index < -0.39 is 17.5 Å². The molecule has 5 nitrogen and oxygen atoms in total. The first-order chi connectivity index (χ1) is 16.3. The van der Waals surface area contributed by atoms with Crippen LogP contribution < -0.4 is 5.32 Å². The Kier molecular flexibility index (Phi) is 8.97. The lowest BCUT2D eigenvalue weighted by Crippen LogP contribution is -2.28. The summed E-state index contributed by atoms with van der Waals surface area (Å²) in [4.78, 5) is 6.77.